The molecule has 0 spiro atoms. The summed E-state index contributed by atoms with van der Waals surface area (Å²) in [5, 5.41) is 13.2. The highest BCUT2D eigenvalue weighted by Crippen LogP contribution is 2.35. The summed E-state index contributed by atoms with van der Waals surface area (Å²) in [7, 11) is 0. The fraction of sp³-hybridized carbons (Fsp3) is 0.250. The Morgan fingerprint density at radius 3 is 2.62 bits per heavy atom. The van der Waals surface area contributed by atoms with E-state index in [1.807, 2.05) is 6.07 Å². The van der Waals surface area contributed by atoms with Crippen LogP contribution in [0.2, 0.25) is 0 Å². The fourth-order valence-electron chi connectivity index (χ4n) is 1.79. The Morgan fingerprint density at radius 1 is 1.48 bits per heavy atom. The second kappa shape index (κ2) is 5.32. The highest BCUT2D eigenvalue weighted by atomic mass is 19.4. The number of nitrogens with zero attached hydrogens (tertiary/aromatic N) is 4. The van der Waals surface area contributed by atoms with E-state index in [-0.39, 0.29) is 12.2 Å². The standard InChI is InChI=1S/C12H8F3N5O/c1-7-10(19-21)11(12(13,14)15)18-20(7)6-9-3-2-8(4-16)5-17-9/h2-3,5H,6H2,1H3/p+1. The second-order valence-corrected chi connectivity index (χ2v) is 4.25. The van der Waals surface area contributed by atoms with Gasteiger partial charge in [0.15, 0.2) is 0 Å². The van der Waals surface area contributed by atoms with Crippen LogP contribution >= 0.6 is 0 Å². The van der Waals surface area contributed by atoms with Crippen LogP contribution in [0.5, 0.6) is 0 Å². The summed E-state index contributed by atoms with van der Waals surface area (Å²) in [6.07, 6.45) is -3.38. The first-order valence-corrected chi connectivity index (χ1v) is 5.74. The first kappa shape index (κ1) is 14.6. The number of pyridine rings is 1. The predicted octanol–water partition coefficient (Wildman–Crippen LogP) is 2.34. The lowest BCUT2D eigenvalue weighted by Crippen LogP contribution is -2.39. The Morgan fingerprint density at radius 2 is 2.19 bits per heavy atom. The molecule has 2 aromatic rings. The summed E-state index contributed by atoms with van der Waals surface area (Å²) in [4.78, 5) is 14.6. The third kappa shape index (κ3) is 2.89. The van der Waals surface area contributed by atoms with Crippen LogP contribution in [0, 0.1) is 23.2 Å². The van der Waals surface area contributed by atoms with Gasteiger partial charge in [0.1, 0.15) is 11.8 Å². The van der Waals surface area contributed by atoms with Gasteiger partial charge in [0, 0.05) is 13.1 Å². The van der Waals surface area contributed by atoms with E-state index in [2.05, 4.69) is 15.3 Å². The van der Waals surface area contributed by atoms with Crippen LogP contribution in [0.4, 0.5) is 18.9 Å². The number of nitrogens with one attached hydrogen (secondary N) is 1. The van der Waals surface area contributed by atoms with E-state index in [1.165, 1.54) is 25.3 Å². The van der Waals surface area contributed by atoms with Gasteiger partial charge in [-0.15, -0.1) is 9.59 Å². The number of halogens is 3. The van der Waals surface area contributed by atoms with Crippen LogP contribution in [0.1, 0.15) is 22.6 Å². The number of rotatable bonds is 3. The van der Waals surface area contributed by atoms with Crippen LogP contribution in [0.3, 0.4) is 0 Å². The maximum absolute atomic E-state index is 12.8. The lowest BCUT2D eigenvalue weighted by atomic mass is 10.2. The van der Waals surface area contributed by atoms with Crippen LogP contribution < -0.4 is 4.68 Å². The van der Waals surface area contributed by atoms with Gasteiger partial charge in [0.05, 0.1) is 5.56 Å². The molecule has 0 aliphatic heterocycles. The molecule has 0 aliphatic carbocycles. The molecule has 9 heteroatoms. The van der Waals surface area contributed by atoms with Crippen LogP contribution in [0.15, 0.2) is 23.5 Å². The van der Waals surface area contributed by atoms with Gasteiger partial charge in [-0.3, -0.25) is 4.98 Å². The molecule has 0 aliphatic rings. The van der Waals surface area contributed by atoms with Crippen molar-refractivity contribution in [1.82, 2.24) is 10.1 Å². The Hall–Kier alpha value is -2.76. The highest BCUT2D eigenvalue weighted by molar-refractivity contribution is 5.45. The Balaban J connectivity index is 2.38. The van der Waals surface area contributed by atoms with Crippen LogP contribution in [0.25, 0.3) is 0 Å². The summed E-state index contributed by atoms with van der Waals surface area (Å²) in [6, 6.07) is 4.92. The third-order valence-electron chi connectivity index (χ3n) is 2.88. The van der Waals surface area contributed by atoms with Gasteiger partial charge < -0.3 is 0 Å². The van der Waals surface area contributed by atoms with Gasteiger partial charge in [-0.25, -0.2) is 0 Å². The van der Waals surface area contributed by atoms with Crippen molar-refractivity contribution in [2.24, 2.45) is 5.18 Å². The molecule has 0 bridgehead atoms. The van der Waals surface area contributed by atoms with Gasteiger partial charge in [-0.05, 0) is 17.3 Å². The fourth-order valence-corrected chi connectivity index (χ4v) is 1.79. The van der Waals surface area contributed by atoms with Crippen molar-refractivity contribution >= 4 is 5.69 Å². The summed E-state index contributed by atoms with van der Waals surface area (Å²) in [5.41, 5.74) is -1.02. The van der Waals surface area contributed by atoms with E-state index in [1.54, 1.807) is 0 Å². The molecule has 6 nitrogen and oxygen atoms in total. The number of hydrogen-bond donors (Lipinski definition) is 1. The lowest BCUT2D eigenvalue weighted by molar-refractivity contribution is -0.748. The maximum Gasteiger partial charge on any atom is 0.439 e. The summed E-state index contributed by atoms with van der Waals surface area (Å²) >= 11 is 0. The Bertz CT molecular complexity index is 712. The van der Waals surface area contributed by atoms with Gasteiger partial charge in [0.2, 0.25) is 23.6 Å². The van der Waals surface area contributed by atoms with Crippen molar-refractivity contribution in [2.45, 2.75) is 19.6 Å². The van der Waals surface area contributed by atoms with E-state index in [0.29, 0.717) is 11.3 Å². The zero-order chi connectivity index (χ0) is 15.6. The zero-order valence-electron chi connectivity index (χ0n) is 10.8. The van der Waals surface area contributed by atoms with Crippen molar-refractivity contribution in [2.75, 3.05) is 0 Å². The lowest BCUT2D eigenvalue weighted by Gasteiger charge is -1.99. The molecule has 0 saturated heterocycles. The predicted molar refractivity (Wildman–Crippen MR) is 64.2 cm³/mol. The smallest absolute Gasteiger partial charge is 0.253 e. The molecule has 0 unspecified atom stereocenters. The summed E-state index contributed by atoms with van der Waals surface area (Å²) < 4.78 is 39.4. The quantitative estimate of drug-likeness (QED) is 0.696. The first-order valence-electron chi connectivity index (χ1n) is 5.74. The number of hydrogen-bond acceptors (Lipinski definition) is 4. The van der Waals surface area contributed by atoms with Crippen LogP contribution in [-0.2, 0) is 12.7 Å². The van der Waals surface area contributed by atoms with E-state index < -0.39 is 17.6 Å². The average Bonchev–Trinajstić information content (AvgIpc) is 2.76. The van der Waals surface area contributed by atoms with Gasteiger partial charge in [-0.2, -0.15) is 23.5 Å². The molecule has 0 saturated carbocycles. The van der Waals surface area contributed by atoms with Crippen molar-refractivity contribution in [3.8, 4) is 6.07 Å². The Labute approximate surface area is 116 Å². The van der Waals surface area contributed by atoms with E-state index in [4.69, 9.17) is 5.26 Å². The van der Waals surface area contributed by atoms with Gasteiger partial charge in [0.25, 0.3) is 0 Å². The first-order chi connectivity index (χ1) is 9.86. The molecule has 0 aromatic carbocycles. The number of aromatic amines is 1. The highest BCUT2D eigenvalue weighted by Gasteiger charge is 2.42. The molecule has 0 atom stereocenters. The molecular formula is C12H9F3N5O+. The van der Waals surface area contributed by atoms with Crippen molar-refractivity contribution in [3.05, 3.63) is 45.9 Å². The number of nitroso groups, excluding NO2 is 1. The van der Waals surface area contributed by atoms with E-state index in [9.17, 15) is 18.1 Å². The SMILES string of the molecule is Cc1c(N=O)c(C(F)(F)F)[nH][n+]1Cc1ccc(C#N)cn1. The minimum atomic E-state index is -4.70. The number of alkyl halides is 3. The molecule has 21 heavy (non-hydrogen) atoms. The molecule has 1 N–H and O–H groups in total. The van der Waals surface area contributed by atoms with Crippen molar-refractivity contribution < 1.29 is 17.9 Å². The van der Waals surface area contributed by atoms with Gasteiger partial charge >= 0.3 is 6.18 Å². The van der Waals surface area contributed by atoms with E-state index in [0.717, 1.165) is 4.68 Å². The molecule has 0 fully saturated rings. The zero-order valence-corrected chi connectivity index (χ0v) is 10.8. The summed E-state index contributed by atoms with van der Waals surface area (Å²) in [6.45, 7) is 1.35. The van der Waals surface area contributed by atoms with Crippen molar-refractivity contribution in [3.63, 3.8) is 0 Å². The molecule has 2 aromatic heterocycles. The normalized spacial score (nSPS) is 11.2. The monoisotopic (exact) mass is 296 g/mol. The minimum absolute atomic E-state index is 0.00383. The Kier molecular flexibility index (Phi) is 3.71. The summed E-state index contributed by atoms with van der Waals surface area (Å²) in [5.74, 6) is 0. The number of nitriles is 1. The minimum Gasteiger partial charge on any atom is -0.253 e. The number of H-pyrrole nitrogens is 1. The van der Waals surface area contributed by atoms with Gasteiger partial charge in [-0.1, -0.05) is 0 Å². The largest absolute Gasteiger partial charge is 0.439 e. The molecule has 0 amide bonds. The third-order valence-corrected chi connectivity index (χ3v) is 2.88. The number of aromatic nitrogens is 3. The molecule has 2 heterocycles. The second-order valence-electron chi connectivity index (χ2n) is 4.25. The molecule has 108 valence electrons. The molecule has 0 radical (unpaired) electrons. The topological polar surface area (TPSA) is 85.8 Å². The van der Waals surface area contributed by atoms with E-state index >= 15 is 0 Å². The maximum atomic E-state index is 12.8. The molecule has 2 rings (SSSR count). The average molecular weight is 296 g/mol. The van der Waals surface area contributed by atoms with Crippen molar-refractivity contribution in [1.29, 1.82) is 5.26 Å². The molecular weight excluding hydrogens is 287 g/mol. The van der Waals surface area contributed by atoms with Crippen LogP contribution in [-0.4, -0.2) is 10.1 Å².